The van der Waals surface area contributed by atoms with Crippen LogP contribution < -0.4 is 0 Å². The Balaban J connectivity index is 1.68. The van der Waals surface area contributed by atoms with Crippen molar-refractivity contribution in [3.8, 4) is 0 Å². The van der Waals surface area contributed by atoms with Gasteiger partial charge in [0.25, 0.3) is 0 Å². The van der Waals surface area contributed by atoms with Crippen molar-refractivity contribution >= 4 is 5.91 Å². The molecule has 2 fully saturated rings. The van der Waals surface area contributed by atoms with Crippen LogP contribution in [0.3, 0.4) is 0 Å². The molecule has 2 aliphatic heterocycles. The molecular weight excluding hydrogens is 312 g/mol. The molecule has 5 nitrogen and oxygen atoms in total. The van der Waals surface area contributed by atoms with E-state index in [1.165, 1.54) is 25.0 Å². The Morgan fingerprint density at radius 2 is 2.12 bits per heavy atom. The van der Waals surface area contributed by atoms with Gasteiger partial charge in [-0.2, -0.15) is 0 Å². The van der Waals surface area contributed by atoms with Crippen LogP contribution >= 0.6 is 0 Å². The molecule has 5 heteroatoms. The second-order valence-corrected chi connectivity index (χ2v) is 7.85. The second kappa shape index (κ2) is 7.65. The fourth-order valence-corrected chi connectivity index (χ4v) is 4.17. The van der Waals surface area contributed by atoms with Gasteiger partial charge in [0.05, 0.1) is 24.1 Å². The summed E-state index contributed by atoms with van der Waals surface area (Å²) < 4.78 is 0. The zero-order valence-corrected chi connectivity index (χ0v) is 15.8. The minimum Gasteiger partial charge on any atom is -0.336 e. The number of likely N-dealkylation sites (tertiary alicyclic amines) is 2. The Labute approximate surface area is 151 Å². The molecule has 25 heavy (non-hydrogen) atoms. The van der Waals surface area contributed by atoms with Crippen LogP contribution in [0.2, 0.25) is 0 Å². The van der Waals surface area contributed by atoms with Crippen molar-refractivity contribution in [1.29, 1.82) is 0 Å². The molecule has 0 bridgehead atoms. The first-order chi connectivity index (χ1) is 12.0. The number of hydrogen-bond acceptors (Lipinski definition) is 4. The predicted octanol–water partition coefficient (Wildman–Crippen LogP) is 2.96. The first kappa shape index (κ1) is 18.1. The topological polar surface area (TPSA) is 49.3 Å². The molecule has 3 heterocycles. The summed E-state index contributed by atoms with van der Waals surface area (Å²) in [5, 5.41) is 0. The molecular formula is C20H30N4O. The number of aryl methyl sites for hydroxylation is 1. The van der Waals surface area contributed by atoms with E-state index in [0.717, 1.165) is 37.4 Å². The summed E-state index contributed by atoms with van der Waals surface area (Å²) in [5.74, 6) is 0.259. The molecule has 1 atom stereocenters. The minimum atomic E-state index is 0.248. The maximum Gasteiger partial charge on any atom is 0.222 e. The molecule has 1 unspecified atom stereocenters. The number of amides is 1. The zero-order valence-electron chi connectivity index (χ0n) is 15.8. The number of nitrogens with zero attached hydrogens (tertiary/aromatic N) is 4. The lowest BCUT2D eigenvalue weighted by atomic mass is 9.73. The van der Waals surface area contributed by atoms with Gasteiger partial charge in [-0.3, -0.25) is 19.7 Å². The number of rotatable bonds is 4. The summed E-state index contributed by atoms with van der Waals surface area (Å²) >= 11 is 0. The largest absolute Gasteiger partial charge is 0.336 e. The minimum absolute atomic E-state index is 0.248. The predicted molar refractivity (Wildman–Crippen MR) is 99.0 cm³/mol. The van der Waals surface area contributed by atoms with E-state index in [1.807, 2.05) is 11.8 Å². The number of hydrogen-bond donors (Lipinski definition) is 0. The highest BCUT2D eigenvalue weighted by Crippen LogP contribution is 2.39. The Morgan fingerprint density at radius 1 is 1.28 bits per heavy atom. The Morgan fingerprint density at radius 3 is 2.84 bits per heavy atom. The van der Waals surface area contributed by atoms with E-state index >= 15 is 0 Å². The van der Waals surface area contributed by atoms with Crippen molar-refractivity contribution in [2.24, 2.45) is 5.41 Å². The SMILES string of the molecule is C/C=C(\C)CN1CCCC2(CCC(=O)N(Cc3cnc(C)cn3)C2)C1. The van der Waals surface area contributed by atoms with Gasteiger partial charge in [-0.1, -0.05) is 11.6 Å². The lowest BCUT2D eigenvalue weighted by molar-refractivity contribution is -0.140. The smallest absolute Gasteiger partial charge is 0.222 e. The summed E-state index contributed by atoms with van der Waals surface area (Å²) in [6, 6.07) is 0. The van der Waals surface area contributed by atoms with Crippen LogP contribution in [0.1, 0.15) is 50.9 Å². The van der Waals surface area contributed by atoms with E-state index in [4.69, 9.17) is 0 Å². The standard InChI is InChI=1S/C20H30N4O/c1-4-16(2)12-23-9-5-7-20(14-23)8-6-19(25)24(15-20)13-18-11-21-17(3)10-22-18/h4,10-11H,5-9,12-15H2,1-3H3/b16-4+. The Bertz CT molecular complexity index is 640. The van der Waals surface area contributed by atoms with Crippen molar-refractivity contribution in [1.82, 2.24) is 19.8 Å². The van der Waals surface area contributed by atoms with Gasteiger partial charge >= 0.3 is 0 Å². The van der Waals surface area contributed by atoms with Crippen LogP contribution in [0.5, 0.6) is 0 Å². The van der Waals surface area contributed by atoms with Crippen molar-refractivity contribution < 1.29 is 4.79 Å². The van der Waals surface area contributed by atoms with Crippen molar-refractivity contribution in [2.45, 2.75) is 53.0 Å². The number of allylic oxidation sites excluding steroid dienone is 1. The highest BCUT2D eigenvalue weighted by Gasteiger charge is 2.41. The van der Waals surface area contributed by atoms with Crippen LogP contribution in [-0.4, -0.2) is 51.9 Å². The third kappa shape index (κ3) is 4.46. The molecule has 2 saturated heterocycles. The van der Waals surface area contributed by atoms with Gasteiger partial charge in [-0.15, -0.1) is 0 Å². The molecule has 0 N–H and O–H groups in total. The number of carbonyl (C=O) groups excluding carboxylic acids is 1. The maximum atomic E-state index is 12.5. The first-order valence-electron chi connectivity index (χ1n) is 9.39. The lowest BCUT2D eigenvalue weighted by Crippen LogP contribution is -2.54. The highest BCUT2D eigenvalue weighted by atomic mass is 16.2. The van der Waals surface area contributed by atoms with E-state index in [0.29, 0.717) is 13.0 Å². The quantitative estimate of drug-likeness (QED) is 0.790. The van der Waals surface area contributed by atoms with Crippen LogP contribution in [0.15, 0.2) is 24.0 Å². The van der Waals surface area contributed by atoms with Gasteiger partial charge in [-0.05, 0) is 46.6 Å². The van der Waals surface area contributed by atoms with Crippen molar-refractivity contribution in [2.75, 3.05) is 26.2 Å². The average molecular weight is 342 g/mol. The van der Waals surface area contributed by atoms with Gasteiger partial charge < -0.3 is 4.90 Å². The summed E-state index contributed by atoms with van der Waals surface area (Å²) in [7, 11) is 0. The maximum absolute atomic E-state index is 12.5. The van der Waals surface area contributed by atoms with Crippen LogP contribution in [0.4, 0.5) is 0 Å². The zero-order chi connectivity index (χ0) is 17.9. The van der Waals surface area contributed by atoms with Crippen LogP contribution in [-0.2, 0) is 11.3 Å². The van der Waals surface area contributed by atoms with Gasteiger partial charge in [0.1, 0.15) is 0 Å². The van der Waals surface area contributed by atoms with E-state index in [2.05, 4.69) is 34.8 Å². The van der Waals surface area contributed by atoms with E-state index in [-0.39, 0.29) is 11.3 Å². The Hall–Kier alpha value is -1.75. The molecule has 136 valence electrons. The molecule has 0 aliphatic carbocycles. The molecule has 2 aliphatic rings. The molecule has 0 aromatic carbocycles. The Kier molecular flexibility index (Phi) is 5.52. The second-order valence-electron chi connectivity index (χ2n) is 7.85. The summed E-state index contributed by atoms with van der Waals surface area (Å²) in [6.07, 6.45) is 9.91. The summed E-state index contributed by atoms with van der Waals surface area (Å²) in [4.78, 5) is 25.8. The van der Waals surface area contributed by atoms with E-state index in [1.54, 1.807) is 12.4 Å². The van der Waals surface area contributed by atoms with Gasteiger partial charge in [0.2, 0.25) is 5.91 Å². The molecule has 1 aromatic heterocycles. The van der Waals surface area contributed by atoms with Crippen LogP contribution in [0, 0.1) is 12.3 Å². The fraction of sp³-hybridized carbons (Fsp3) is 0.650. The van der Waals surface area contributed by atoms with Gasteiger partial charge in [0.15, 0.2) is 0 Å². The monoisotopic (exact) mass is 342 g/mol. The van der Waals surface area contributed by atoms with Gasteiger partial charge in [-0.25, -0.2) is 0 Å². The molecule has 1 amide bonds. The third-order valence-electron chi connectivity index (χ3n) is 5.64. The molecule has 1 aromatic rings. The molecule has 0 saturated carbocycles. The van der Waals surface area contributed by atoms with Crippen LogP contribution in [0.25, 0.3) is 0 Å². The summed E-state index contributed by atoms with van der Waals surface area (Å²) in [5.41, 5.74) is 3.47. The first-order valence-corrected chi connectivity index (χ1v) is 9.39. The molecule has 1 spiro atoms. The third-order valence-corrected chi connectivity index (χ3v) is 5.64. The van der Waals surface area contributed by atoms with Crippen molar-refractivity contribution in [3.05, 3.63) is 35.4 Å². The van der Waals surface area contributed by atoms with E-state index in [9.17, 15) is 4.79 Å². The molecule has 3 rings (SSSR count). The van der Waals surface area contributed by atoms with Crippen molar-refractivity contribution in [3.63, 3.8) is 0 Å². The average Bonchev–Trinajstić information content (AvgIpc) is 2.60. The summed E-state index contributed by atoms with van der Waals surface area (Å²) in [6.45, 7) is 11.0. The fourth-order valence-electron chi connectivity index (χ4n) is 4.17. The van der Waals surface area contributed by atoms with Gasteiger partial charge in [0, 0.05) is 37.7 Å². The number of aromatic nitrogens is 2. The lowest BCUT2D eigenvalue weighted by Gasteiger charge is -2.48. The highest BCUT2D eigenvalue weighted by molar-refractivity contribution is 5.77. The molecule has 0 radical (unpaired) electrons. The van der Waals surface area contributed by atoms with E-state index < -0.39 is 0 Å². The normalized spacial score (nSPS) is 25.6. The number of carbonyl (C=O) groups is 1. The number of piperidine rings is 2.